The molecule has 0 bridgehead atoms. The third kappa shape index (κ3) is 4.02. The van der Waals surface area contributed by atoms with Crippen LogP contribution in [0.1, 0.15) is 32.0 Å². The zero-order valence-electron chi connectivity index (χ0n) is 16.5. The van der Waals surface area contributed by atoms with Gasteiger partial charge in [0.05, 0.1) is 16.3 Å². The van der Waals surface area contributed by atoms with Crippen LogP contribution < -0.4 is 0 Å². The Kier molecular flexibility index (Phi) is 4.78. The number of nitrogens with one attached hydrogen (secondary N) is 1. The van der Waals surface area contributed by atoms with Crippen molar-refractivity contribution in [3.8, 4) is 0 Å². The quantitative estimate of drug-likeness (QED) is 0.785. The van der Waals surface area contributed by atoms with E-state index in [1.165, 1.54) is 17.0 Å². The van der Waals surface area contributed by atoms with E-state index in [0.717, 1.165) is 18.2 Å². The molecule has 1 N–H and O–H groups in total. The largest absolute Gasteiger partial charge is 0.444 e. The third-order valence-corrected chi connectivity index (χ3v) is 6.70. The molecule has 0 spiro atoms. The van der Waals surface area contributed by atoms with Crippen LogP contribution in [0.2, 0.25) is 0 Å². The monoisotopic (exact) mass is 428 g/mol. The van der Waals surface area contributed by atoms with Gasteiger partial charge in [-0.25, -0.2) is 21.6 Å². The number of fused-ring (bicyclic) bond motifs is 3. The third-order valence-electron chi connectivity index (χ3n) is 4.49. The normalized spacial score (nSPS) is 15.5. The van der Waals surface area contributed by atoms with Crippen molar-refractivity contribution in [2.24, 2.45) is 0 Å². The fourth-order valence-corrected chi connectivity index (χ4v) is 4.97. The van der Waals surface area contributed by atoms with Gasteiger partial charge in [-0.05, 0) is 32.9 Å². The molecule has 1 aromatic carbocycles. The predicted molar refractivity (Wildman–Crippen MR) is 105 cm³/mol. The Morgan fingerprint density at radius 3 is 2.29 bits per heavy atom. The van der Waals surface area contributed by atoms with Crippen molar-refractivity contribution < 1.29 is 26.4 Å². The summed E-state index contributed by atoms with van der Waals surface area (Å²) < 4.78 is 54.2. The van der Waals surface area contributed by atoms with Gasteiger partial charge < -0.3 is 14.6 Å². The molecule has 0 saturated heterocycles. The number of aromatic nitrogens is 1. The number of hydrogen-bond acceptors (Lipinski definition) is 6. The van der Waals surface area contributed by atoms with Gasteiger partial charge in [-0.3, -0.25) is 0 Å². The lowest BCUT2D eigenvalue weighted by molar-refractivity contribution is 0.0224. The van der Waals surface area contributed by atoms with Crippen LogP contribution in [0.5, 0.6) is 0 Å². The maximum absolute atomic E-state index is 12.4. The number of rotatable bonds is 2. The van der Waals surface area contributed by atoms with E-state index in [9.17, 15) is 21.6 Å². The summed E-state index contributed by atoms with van der Waals surface area (Å²) in [5, 5.41) is 0.429. The minimum absolute atomic E-state index is 0.0611. The van der Waals surface area contributed by atoms with Gasteiger partial charge in [-0.15, -0.1) is 0 Å². The van der Waals surface area contributed by atoms with Crippen LogP contribution in [0.15, 0.2) is 21.9 Å². The fraction of sp³-hybridized carbons (Fsp3) is 0.500. The van der Waals surface area contributed by atoms with E-state index in [1.54, 1.807) is 20.8 Å². The molecule has 3 rings (SSSR count). The highest BCUT2D eigenvalue weighted by molar-refractivity contribution is 7.91. The molecule has 28 heavy (non-hydrogen) atoms. The molecule has 8 nitrogen and oxygen atoms in total. The second-order valence-corrected chi connectivity index (χ2v) is 12.1. The lowest BCUT2D eigenvalue weighted by Gasteiger charge is -2.30. The second kappa shape index (κ2) is 6.48. The number of carbonyl (C=O) groups is 1. The summed E-state index contributed by atoms with van der Waals surface area (Å²) in [6.45, 7) is 5.94. The smallest absolute Gasteiger partial charge is 0.410 e. The number of nitrogens with zero attached hydrogens (tertiary/aromatic N) is 1. The highest BCUT2D eigenvalue weighted by atomic mass is 32.2. The van der Waals surface area contributed by atoms with Gasteiger partial charge in [0.25, 0.3) is 0 Å². The van der Waals surface area contributed by atoms with Gasteiger partial charge in [0.15, 0.2) is 19.7 Å². The SMILES string of the molecule is CC(C)(C)OC(=O)N1CCc2[nH]c3cc(S(C)(=O)=O)cc(S(C)(=O)=O)c3c2C1. The zero-order valence-corrected chi connectivity index (χ0v) is 18.1. The topological polar surface area (TPSA) is 114 Å². The van der Waals surface area contributed by atoms with Gasteiger partial charge in [0, 0.05) is 47.6 Å². The minimum Gasteiger partial charge on any atom is -0.444 e. The summed E-state index contributed by atoms with van der Waals surface area (Å²) in [7, 11) is -7.29. The van der Waals surface area contributed by atoms with Crippen molar-refractivity contribution in [3.05, 3.63) is 23.4 Å². The Bertz CT molecular complexity index is 1170. The van der Waals surface area contributed by atoms with Crippen LogP contribution in [-0.4, -0.2) is 57.5 Å². The Morgan fingerprint density at radius 1 is 1.11 bits per heavy atom. The van der Waals surface area contributed by atoms with Gasteiger partial charge >= 0.3 is 6.09 Å². The Hall–Kier alpha value is -2.07. The average Bonchev–Trinajstić information content (AvgIpc) is 2.87. The number of ether oxygens (including phenoxy) is 1. The lowest BCUT2D eigenvalue weighted by atomic mass is 10.0. The molecular weight excluding hydrogens is 404 g/mol. The lowest BCUT2D eigenvalue weighted by Crippen LogP contribution is -2.39. The van der Waals surface area contributed by atoms with Gasteiger partial charge in [0.1, 0.15) is 5.60 Å². The molecule has 154 valence electrons. The molecule has 1 aromatic heterocycles. The maximum Gasteiger partial charge on any atom is 0.410 e. The van der Waals surface area contributed by atoms with E-state index in [0.29, 0.717) is 29.4 Å². The number of carbonyl (C=O) groups excluding carboxylic acids is 1. The Labute approximate surface area is 164 Å². The number of amides is 1. The molecule has 1 aliphatic rings. The molecule has 0 aliphatic carbocycles. The molecule has 2 aromatic rings. The molecule has 0 saturated carbocycles. The Morgan fingerprint density at radius 2 is 1.75 bits per heavy atom. The van der Waals surface area contributed by atoms with Crippen LogP contribution in [0, 0.1) is 0 Å². The number of H-pyrrole nitrogens is 1. The standard InChI is InChI=1S/C18H24N2O6S2/c1-18(2,3)26-17(21)20-7-6-13-12(10-20)16-14(19-13)8-11(27(4,22)23)9-15(16)28(5,24)25/h8-9,19H,6-7,10H2,1-5H3. The van der Waals surface area contributed by atoms with Crippen LogP contribution in [-0.2, 0) is 37.4 Å². The first-order chi connectivity index (χ1) is 12.7. The molecule has 1 amide bonds. The average molecular weight is 429 g/mol. The van der Waals surface area contributed by atoms with Crippen LogP contribution in [0.3, 0.4) is 0 Å². The highest BCUT2D eigenvalue weighted by Crippen LogP contribution is 2.35. The summed E-state index contributed by atoms with van der Waals surface area (Å²) in [4.78, 5) is 17.0. The summed E-state index contributed by atoms with van der Waals surface area (Å²) in [5.41, 5.74) is 1.26. The van der Waals surface area contributed by atoms with E-state index >= 15 is 0 Å². The highest BCUT2D eigenvalue weighted by Gasteiger charge is 2.30. The van der Waals surface area contributed by atoms with Crippen LogP contribution in [0.4, 0.5) is 4.79 Å². The second-order valence-electron chi connectivity index (χ2n) is 8.12. The predicted octanol–water partition coefficient (Wildman–Crippen LogP) is 2.27. The first kappa shape index (κ1) is 20.7. The van der Waals surface area contributed by atoms with E-state index < -0.39 is 31.4 Å². The van der Waals surface area contributed by atoms with E-state index in [2.05, 4.69) is 4.98 Å². The molecule has 1 aliphatic heterocycles. The number of hydrogen-bond donors (Lipinski definition) is 1. The molecular formula is C18H24N2O6S2. The van der Waals surface area contributed by atoms with Crippen molar-refractivity contribution in [1.29, 1.82) is 0 Å². The van der Waals surface area contributed by atoms with Crippen molar-refractivity contribution in [2.75, 3.05) is 19.1 Å². The van der Waals surface area contributed by atoms with Crippen molar-refractivity contribution in [3.63, 3.8) is 0 Å². The van der Waals surface area contributed by atoms with E-state index in [-0.39, 0.29) is 16.3 Å². The number of sulfone groups is 2. The first-order valence-corrected chi connectivity index (χ1v) is 12.5. The van der Waals surface area contributed by atoms with Crippen LogP contribution in [0.25, 0.3) is 10.9 Å². The van der Waals surface area contributed by atoms with Gasteiger partial charge in [-0.2, -0.15) is 0 Å². The number of benzene rings is 1. The molecule has 0 fully saturated rings. The van der Waals surface area contributed by atoms with E-state index in [4.69, 9.17) is 4.74 Å². The van der Waals surface area contributed by atoms with Gasteiger partial charge in [-0.1, -0.05) is 0 Å². The number of aromatic amines is 1. The molecule has 2 heterocycles. The molecule has 10 heteroatoms. The van der Waals surface area contributed by atoms with Gasteiger partial charge in [0.2, 0.25) is 0 Å². The van der Waals surface area contributed by atoms with E-state index in [1.807, 2.05) is 0 Å². The zero-order chi connectivity index (χ0) is 21.1. The van der Waals surface area contributed by atoms with Crippen molar-refractivity contribution in [1.82, 2.24) is 9.88 Å². The fourth-order valence-electron chi connectivity index (χ4n) is 3.28. The maximum atomic E-state index is 12.4. The molecule has 0 radical (unpaired) electrons. The first-order valence-electron chi connectivity index (χ1n) is 8.72. The van der Waals surface area contributed by atoms with Crippen LogP contribution >= 0.6 is 0 Å². The summed E-state index contributed by atoms with van der Waals surface area (Å²) in [6.07, 6.45) is 2.09. The summed E-state index contributed by atoms with van der Waals surface area (Å²) >= 11 is 0. The Balaban J connectivity index is 2.16. The van der Waals surface area contributed by atoms with Crippen molar-refractivity contribution >= 4 is 36.7 Å². The summed E-state index contributed by atoms with van der Waals surface area (Å²) in [5.74, 6) is 0. The minimum atomic E-state index is -3.70. The molecule has 0 unspecified atom stereocenters. The summed E-state index contributed by atoms with van der Waals surface area (Å²) in [6, 6.07) is 2.63. The molecule has 0 atom stereocenters. The van der Waals surface area contributed by atoms with Crippen molar-refractivity contribution in [2.45, 2.75) is 49.1 Å².